The minimum atomic E-state index is -5.07. The summed E-state index contributed by atoms with van der Waals surface area (Å²) in [6, 6.07) is 3.46. The largest absolute Gasteiger partial charge is 0.460 e. The van der Waals surface area contributed by atoms with Gasteiger partial charge in [-0.2, -0.15) is 13.2 Å². The van der Waals surface area contributed by atoms with Crippen molar-refractivity contribution in [1.29, 1.82) is 0 Å². The summed E-state index contributed by atoms with van der Waals surface area (Å²) in [5.74, 6) is -4.74. The molecule has 0 saturated heterocycles. The van der Waals surface area contributed by atoms with Crippen molar-refractivity contribution < 1.29 is 27.8 Å². The van der Waals surface area contributed by atoms with E-state index in [1.165, 1.54) is 12.1 Å². The van der Waals surface area contributed by atoms with Crippen molar-refractivity contribution in [2.45, 2.75) is 12.0 Å². The lowest BCUT2D eigenvalue weighted by Crippen LogP contribution is -2.42. The number of rotatable bonds is 0. The zero-order valence-corrected chi connectivity index (χ0v) is 9.09. The number of alkyl halides is 3. The van der Waals surface area contributed by atoms with Crippen LogP contribution >= 0.6 is 15.9 Å². The summed E-state index contributed by atoms with van der Waals surface area (Å²) < 4.78 is 42.1. The molecule has 0 spiro atoms. The van der Waals surface area contributed by atoms with E-state index >= 15 is 0 Å². The number of ether oxygens (including phenoxy) is 1. The Hall–Kier alpha value is -1.08. The zero-order valence-electron chi connectivity index (χ0n) is 7.51. The molecule has 0 fully saturated rings. The number of benzene rings is 1. The van der Waals surface area contributed by atoms with Gasteiger partial charge in [0.25, 0.3) is 0 Å². The molecule has 7 heteroatoms. The maximum atomic E-state index is 12.6. The molecule has 1 atom stereocenters. The van der Waals surface area contributed by atoms with E-state index < -0.39 is 23.5 Å². The molecule has 2 rings (SSSR count). The standard InChI is InChI=1S/C9H4BrF3O3/c10-4-1-2-6-5(3-4)7(14)16-8(6,15)9(11,12)13/h1-3,15H. The zero-order chi connectivity index (χ0) is 12.1. The number of hydrogen-bond acceptors (Lipinski definition) is 3. The van der Waals surface area contributed by atoms with Crippen molar-refractivity contribution in [3.63, 3.8) is 0 Å². The van der Waals surface area contributed by atoms with Crippen LogP contribution in [0.15, 0.2) is 22.7 Å². The monoisotopic (exact) mass is 296 g/mol. The molecule has 86 valence electrons. The summed E-state index contributed by atoms with van der Waals surface area (Å²) in [5, 5.41) is 9.36. The van der Waals surface area contributed by atoms with Gasteiger partial charge < -0.3 is 9.84 Å². The van der Waals surface area contributed by atoms with Crippen molar-refractivity contribution in [3.05, 3.63) is 33.8 Å². The van der Waals surface area contributed by atoms with Gasteiger partial charge in [-0.15, -0.1) is 0 Å². The van der Waals surface area contributed by atoms with Gasteiger partial charge >= 0.3 is 17.9 Å². The maximum Gasteiger partial charge on any atom is 0.460 e. The van der Waals surface area contributed by atoms with Crippen LogP contribution in [0.4, 0.5) is 13.2 Å². The van der Waals surface area contributed by atoms with Crippen molar-refractivity contribution in [2.75, 3.05) is 0 Å². The van der Waals surface area contributed by atoms with E-state index in [4.69, 9.17) is 0 Å². The molecule has 0 saturated carbocycles. The molecule has 1 unspecified atom stereocenters. The molecule has 0 amide bonds. The first-order chi connectivity index (χ1) is 7.25. The summed E-state index contributed by atoms with van der Waals surface area (Å²) in [5.41, 5.74) is -0.887. The second kappa shape index (κ2) is 3.21. The number of esters is 1. The van der Waals surface area contributed by atoms with E-state index in [0.29, 0.717) is 4.47 Å². The van der Waals surface area contributed by atoms with Gasteiger partial charge in [-0.1, -0.05) is 22.0 Å². The Labute approximate surface area is 96.0 Å². The molecule has 0 radical (unpaired) electrons. The van der Waals surface area contributed by atoms with Crippen LogP contribution in [0, 0.1) is 0 Å². The first-order valence-electron chi connectivity index (χ1n) is 4.08. The fourth-order valence-corrected chi connectivity index (χ4v) is 1.80. The van der Waals surface area contributed by atoms with Gasteiger partial charge in [0, 0.05) is 10.0 Å². The predicted octanol–water partition coefficient (Wildman–Crippen LogP) is 2.33. The smallest absolute Gasteiger partial charge is 0.415 e. The Morgan fingerprint density at radius 2 is 2.00 bits per heavy atom. The highest BCUT2D eigenvalue weighted by molar-refractivity contribution is 9.10. The van der Waals surface area contributed by atoms with E-state index in [0.717, 1.165) is 6.07 Å². The van der Waals surface area contributed by atoms with Crippen molar-refractivity contribution in [3.8, 4) is 0 Å². The Morgan fingerprint density at radius 3 is 2.56 bits per heavy atom. The predicted molar refractivity (Wildman–Crippen MR) is 49.5 cm³/mol. The third-order valence-electron chi connectivity index (χ3n) is 2.19. The van der Waals surface area contributed by atoms with Gasteiger partial charge in [0.05, 0.1) is 5.56 Å². The van der Waals surface area contributed by atoms with Gasteiger partial charge in [-0.3, -0.25) is 0 Å². The lowest BCUT2D eigenvalue weighted by Gasteiger charge is -2.24. The molecule has 1 aromatic carbocycles. The summed E-state index contributed by atoms with van der Waals surface area (Å²) in [6.07, 6.45) is -5.07. The molecule has 1 aliphatic rings. The van der Waals surface area contributed by atoms with Crippen LogP contribution in [-0.4, -0.2) is 17.3 Å². The van der Waals surface area contributed by atoms with Gasteiger partial charge in [0.2, 0.25) is 0 Å². The first-order valence-corrected chi connectivity index (χ1v) is 4.87. The summed E-state index contributed by atoms with van der Waals surface area (Å²) in [7, 11) is 0. The Balaban J connectivity index is 2.64. The van der Waals surface area contributed by atoms with Crippen LogP contribution < -0.4 is 0 Å². The number of cyclic esters (lactones) is 1. The fourth-order valence-electron chi connectivity index (χ4n) is 1.44. The SMILES string of the molecule is O=C1OC(O)(C(F)(F)F)c2ccc(Br)cc21. The highest BCUT2D eigenvalue weighted by Crippen LogP contribution is 2.46. The topological polar surface area (TPSA) is 46.5 Å². The second-order valence-corrected chi connectivity index (χ2v) is 4.14. The molecule has 0 aromatic heterocycles. The highest BCUT2D eigenvalue weighted by atomic mass is 79.9. The summed E-state index contributed by atoms with van der Waals surface area (Å²) in [6.45, 7) is 0. The minimum Gasteiger partial charge on any atom is -0.415 e. The number of aliphatic hydroxyl groups is 1. The number of carbonyl (C=O) groups is 1. The molecule has 0 bridgehead atoms. The van der Waals surface area contributed by atoms with Gasteiger partial charge in [-0.05, 0) is 12.1 Å². The van der Waals surface area contributed by atoms with Gasteiger partial charge in [-0.25, -0.2) is 4.79 Å². The van der Waals surface area contributed by atoms with Gasteiger partial charge in [0.15, 0.2) is 0 Å². The molecular formula is C9H4BrF3O3. The van der Waals surface area contributed by atoms with E-state index in [1.54, 1.807) is 0 Å². The lowest BCUT2D eigenvalue weighted by atomic mass is 10.0. The first kappa shape index (κ1) is 11.4. The van der Waals surface area contributed by atoms with Crippen LogP contribution in [0.5, 0.6) is 0 Å². The molecular weight excluding hydrogens is 293 g/mol. The molecule has 1 aliphatic heterocycles. The number of hydrogen-bond donors (Lipinski definition) is 1. The Bertz CT molecular complexity index is 472. The van der Waals surface area contributed by atoms with E-state index in [-0.39, 0.29) is 5.56 Å². The van der Waals surface area contributed by atoms with E-state index in [2.05, 4.69) is 20.7 Å². The van der Waals surface area contributed by atoms with Gasteiger partial charge in [0.1, 0.15) is 0 Å². The molecule has 0 aliphatic carbocycles. The molecule has 16 heavy (non-hydrogen) atoms. The number of fused-ring (bicyclic) bond motifs is 1. The Kier molecular flexibility index (Phi) is 2.29. The molecule has 3 nitrogen and oxygen atoms in total. The molecule has 1 aromatic rings. The lowest BCUT2D eigenvalue weighted by molar-refractivity contribution is -0.349. The summed E-state index contributed by atoms with van der Waals surface area (Å²) in [4.78, 5) is 11.2. The third kappa shape index (κ3) is 1.42. The van der Waals surface area contributed by atoms with Crippen molar-refractivity contribution in [2.24, 2.45) is 0 Å². The molecule has 1 heterocycles. The van der Waals surface area contributed by atoms with Crippen LogP contribution in [0.25, 0.3) is 0 Å². The van der Waals surface area contributed by atoms with E-state index in [1.807, 2.05) is 0 Å². The summed E-state index contributed by atoms with van der Waals surface area (Å²) >= 11 is 3.01. The number of carbonyl (C=O) groups excluding carboxylic acids is 1. The average Bonchev–Trinajstić information content (AvgIpc) is 2.39. The highest BCUT2D eigenvalue weighted by Gasteiger charge is 2.63. The third-order valence-corrected chi connectivity index (χ3v) is 2.68. The van der Waals surface area contributed by atoms with Crippen LogP contribution in [0.2, 0.25) is 0 Å². The average molecular weight is 297 g/mol. The second-order valence-electron chi connectivity index (χ2n) is 3.22. The Morgan fingerprint density at radius 1 is 1.38 bits per heavy atom. The molecule has 1 N–H and O–H groups in total. The van der Waals surface area contributed by atoms with E-state index in [9.17, 15) is 23.1 Å². The fraction of sp³-hybridized carbons (Fsp3) is 0.222. The number of halogens is 4. The van der Waals surface area contributed by atoms with Crippen molar-refractivity contribution in [1.82, 2.24) is 0 Å². The quantitative estimate of drug-likeness (QED) is 0.748. The van der Waals surface area contributed by atoms with Crippen molar-refractivity contribution >= 4 is 21.9 Å². The normalized spacial score (nSPS) is 24.2. The maximum absolute atomic E-state index is 12.6. The van der Waals surface area contributed by atoms with Crippen LogP contribution in [-0.2, 0) is 10.5 Å². The minimum absolute atomic E-state index is 0.297. The van der Waals surface area contributed by atoms with Crippen LogP contribution in [0.1, 0.15) is 15.9 Å². The van der Waals surface area contributed by atoms with Crippen LogP contribution in [0.3, 0.4) is 0 Å².